The predicted molar refractivity (Wildman–Crippen MR) is 58.0 cm³/mol. The monoisotopic (exact) mass is 208 g/mol. The second-order valence-corrected chi connectivity index (χ2v) is 3.96. The summed E-state index contributed by atoms with van der Waals surface area (Å²) in [6.45, 7) is 0. The van der Waals surface area contributed by atoms with Crippen LogP contribution in [0.3, 0.4) is 0 Å². The van der Waals surface area contributed by atoms with E-state index in [1.165, 1.54) is 4.88 Å². The summed E-state index contributed by atoms with van der Waals surface area (Å²) in [4.78, 5) is 9.51. The lowest BCUT2D eigenvalue weighted by atomic mass is 10.3. The molecular weight excluding hydrogens is 200 g/mol. The van der Waals surface area contributed by atoms with Crippen molar-refractivity contribution in [3.63, 3.8) is 0 Å². The molecule has 4 heteroatoms. The highest BCUT2D eigenvalue weighted by molar-refractivity contribution is 7.79. The first-order chi connectivity index (χ1) is 6.40. The summed E-state index contributed by atoms with van der Waals surface area (Å²) in [6, 6.07) is 3.92. The van der Waals surface area contributed by atoms with Crippen LogP contribution in [0.15, 0.2) is 30.7 Å². The summed E-state index contributed by atoms with van der Waals surface area (Å²) >= 11 is 5.85. The average molecular weight is 208 g/mol. The van der Waals surface area contributed by atoms with Gasteiger partial charge in [-0.1, -0.05) is 0 Å². The smallest absolute Gasteiger partial charge is 0.125 e. The van der Waals surface area contributed by atoms with Crippen LogP contribution >= 0.6 is 24.0 Å². The van der Waals surface area contributed by atoms with Crippen LogP contribution in [0.4, 0.5) is 0 Å². The molecule has 0 atom stereocenters. The summed E-state index contributed by atoms with van der Waals surface area (Å²) in [6.07, 6.45) is 5.44. The Balaban J connectivity index is 2.36. The molecule has 0 fully saturated rings. The second kappa shape index (κ2) is 3.89. The van der Waals surface area contributed by atoms with Crippen molar-refractivity contribution in [1.82, 2.24) is 9.97 Å². The number of rotatable bonds is 2. The standard InChI is InChI=1S/C9H8N2S2/c12-6-8-5-11-9(13-8)7-2-1-3-10-4-7/h1-5,12H,6H2. The third-order valence-electron chi connectivity index (χ3n) is 1.62. The molecule has 0 unspecified atom stereocenters. The number of nitrogens with zero attached hydrogens (tertiary/aromatic N) is 2. The molecule has 2 heterocycles. The van der Waals surface area contributed by atoms with Crippen LogP contribution in [0.25, 0.3) is 10.6 Å². The molecule has 0 amide bonds. The minimum absolute atomic E-state index is 0.748. The van der Waals surface area contributed by atoms with Crippen LogP contribution in [0.2, 0.25) is 0 Å². The zero-order chi connectivity index (χ0) is 9.10. The number of hydrogen-bond acceptors (Lipinski definition) is 4. The van der Waals surface area contributed by atoms with E-state index < -0.39 is 0 Å². The van der Waals surface area contributed by atoms with Gasteiger partial charge >= 0.3 is 0 Å². The van der Waals surface area contributed by atoms with E-state index in [9.17, 15) is 0 Å². The molecule has 66 valence electrons. The Morgan fingerprint density at radius 3 is 2.92 bits per heavy atom. The zero-order valence-electron chi connectivity index (χ0n) is 6.84. The van der Waals surface area contributed by atoms with Gasteiger partial charge in [0.15, 0.2) is 0 Å². The van der Waals surface area contributed by atoms with Gasteiger partial charge in [0, 0.05) is 34.8 Å². The van der Waals surface area contributed by atoms with Crippen LogP contribution < -0.4 is 0 Å². The van der Waals surface area contributed by atoms with Crippen molar-refractivity contribution in [1.29, 1.82) is 0 Å². The topological polar surface area (TPSA) is 25.8 Å². The molecule has 0 spiro atoms. The highest BCUT2D eigenvalue weighted by Crippen LogP contribution is 2.24. The van der Waals surface area contributed by atoms with E-state index in [-0.39, 0.29) is 0 Å². The lowest BCUT2D eigenvalue weighted by Gasteiger charge is -1.91. The van der Waals surface area contributed by atoms with Crippen molar-refractivity contribution in [3.05, 3.63) is 35.6 Å². The third kappa shape index (κ3) is 1.89. The number of hydrogen-bond donors (Lipinski definition) is 1. The number of thiol groups is 1. The minimum atomic E-state index is 0.748. The Hall–Kier alpha value is -0.870. The SMILES string of the molecule is SCc1cnc(-c2cccnc2)s1. The molecule has 0 aromatic carbocycles. The Kier molecular flexibility index (Phi) is 2.61. The number of thiazole rings is 1. The summed E-state index contributed by atoms with van der Waals surface area (Å²) in [5.41, 5.74) is 1.07. The third-order valence-corrected chi connectivity index (χ3v) is 3.22. The molecular formula is C9H8N2S2. The maximum absolute atomic E-state index is 4.29. The van der Waals surface area contributed by atoms with Gasteiger partial charge in [0.2, 0.25) is 0 Å². The molecule has 0 saturated carbocycles. The van der Waals surface area contributed by atoms with Crippen LogP contribution in [0.1, 0.15) is 4.88 Å². The lowest BCUT2D eigenvalue weighted by molar-refractivity contribution is 1.31. The van der Waals surface area contributed by atoms with E-state index in [0.717, 1.165) is 16.3 Å². The molecule has 0 N–H and O–H groups in total. The molecule has 0 saturated heterocycles. The minimum Gasteiger partial charge on any atom is -0.264 e. The van der Waals surface area contributed by atoms with E-state index >= 15 is 0 Å². The maximum atomic E-state index is 4.29. The molecule has 2 aromatic rings. The van der Waals surface area contributed by atoms with Gasteiger partial charge in [0.05, 0.1) is 0 Å². The molecule has 2 nitrogen and oxygen atoms in total. The van der Waals surface area contributed by atoms with Crippen molar-refractivity contribution in [2.24, 2.45) is 0 Å². The van der Waals surface area contributed by atoms with Gasteiger partial charge in [-0.05, 0) is 12.1 Å². The van der Waals surface area contributed by atoms with Crippen LogP contribution in [0, 0.1) is 0 Å². The van der Waals surface area contributed by atoms with E-state index in [0.29, 0.717) is 0 Å². The fourth-order valence-corrected chi connectivity index (χ4v) is 2.04. The maximum Gasteiger partial charge on any atom is 0.125 e. The van der Waals surface area contributed by atoms with Gasteiger partial charge in [0.1, 0.15) is 5.01 Å². The van der Waals surface area contributed by atoms with Gasteiger partial charge in [0.25, 0.3) is 0 Å². The highest BCUT2D eigenvalue weighted by Gasteiger charge is 2.02. The Bertz CT molecular complexity index is 384. The van der Waals surface area contributed by atoms with Crippen LogP contribution in [-0.2, 0) is 5.75 Å². The van der Waals surface area contributed by atoms with Crippen LogP contribution in [-0.4, -0.2) is 9.97 Å². The number of pyridine rings is 1. The Morgan fingerprint density at radius 1 is 1.38 bits per heavy atom. The molecule has 0 aliphatic carbocycles. The van der Waals surface area contributed by atoms with Crippen molar-refractivity contribution in [2.75, 3.05) is 0 Å². The average Bonchev–Trinajstić information content (AvgIpc) is 2.67. The van der Waals surface area contributed by atoms with Gasteiger partial charge in [-0.15, -0.1) is 11.3 Å². The first-order valence-corrected chi connectivity index (χ1v) is 5.31. The summed E-state index contributed by atoms with van der Waals surface area (Å²) < 4.78 is 0. The quantitative estimate of drug-likeness (QED) is 0.768. The summed E-state index contributed by atoms with van der Waals surface area (Å²) in [5, 5.41) is 1.01. The van der Waals surface area contributed by atoms with Gasteiger partial charge in [-0.3, -0.25) is 4.98 Å². The second-order valence-electron chi connectivity index (χ2n) is 2.53. The Labute approximate surface area is 86.1 Å². The Morgan fingerprint density at radius 2 is 2.31 bits per heavy atom. The van der Waals surface area contributed by atoms with Gasteiger partial charge in [-0.2, -0.15) is 12.6 Å². The highest BCUT2D eigenvalue weighted by atomic mass is 32.1. The molecule has 0 bridgehead atoms. The van der Waals surface area contributed by atoms with E-state index in [4.69, 9.17) is 0 Å². The van der Waals surface area contributed by atoms with E-state index in [1.807, 2.05) is 24.5 Å². The lowest BCUT2D eigenvalue weighted by Crippen LogP contribution is -1.75. The normalized spacial score (nSPS) is 10.2. The van der Waals surface area contributed by atoms with Crippen molar-refractivity contribution in [3.8, 4) is 10.6 Å². The molecule has 13 heavy (non-hydrogen) atoms. The molecule has 0 aliphatic heterocycles. The molecule has 2 rings (SSSR count). The fraction of sp³-hybridized carbons (Fsp3) is 0.111. The largest absolute Gasteiger partial charge is 0.264 e. The van der Waals surface area contributed by atoms with Crippen LogP contribution in [0.5, 0.6) is 0 Å². The first-order valence-electron chi connectivity index (χ1n) is 3.86. The number of aromatic nitrogens is 2. The van der Waals surface area contributed by atoms with Gasteiger partial charge in [-0.25, -0.2) is 4.98 Å². The van der Waals surface area contributed by atoms with E-state index in [1.54, 1.807) is 17.5 Å². The van der Waals surface area contributed by atoms with Gasteiger partial charge < -0.3 is 0 Å². The van der Waals surface area contributed by atoms with Crippen molar-refractivity contribution in [2.45, 2.75) is 5.75 Å². The summed E-state index contributed by atoms with van der Waals surface area (Å²) in [7, 11) is 0. The van der Waals surface area contributed by atoms with Crippen molar-refractivity contribution >= 4 is 24.0 Å². The zero-order valence-corrected chi connectivity index (χ0v) is 8.55. The predicted octanol–water partition coefficient (Wildman–Crippen LogP) is 2.63. The van der Waals surface area contributed by atoms with Crippen molar-refractivity contribution < 1.29 is 0 Å². The molecule has 0 aliphatic rings. The molecule has 2 aromatic heterocycles. The molecule has 0 radical (unpaired) electrons. The fourth-order valence-electron chi connectivity index (χ4n) is 1.00. The van der Waals surface area contributed by atoms with E-state index in [2.05, 4.69) is 22.6 Å². The first kappa shape index (κ1) is 8.72. The summed E-state index contributed by atoms with van der Waals surface area (Å²) in [5.74, 6) is 0.748.